The van der Waals surface area contributed by atoms with Crippen molar-refractivity contribution in [3.05, 3.63) is 41.2 Å². The van der Waals surface area contributed by atoms with Crippen molar-refractivity contribution in [3.8, 4) is 0 Å². The Morgan fingerprint density at radius 2 is 1.96 bits per heavy atom. The second-order valence-electron chi connectivity index (χ2n) is 5.13. The van der Waals surface area contributed by atoms with Crippen molar-refractivity contribution in [3.63, 3.8) is 0 Å². The van der Waals surface area contributed by atoms with Crippen LogP contribution in [-0.2, 0) is 14.3 Å². The summed E-state index contributed by atoms with van der Waals surface area (Å²) in [4.78, 5) is 29.8. The third-order valence-electron chi connectivity index (χ3n) is 3.58. The van der Waals surface area contributed by atoms with Gasteiger partial charge in [0.25, 0.3) is 5.91 Å². The maximum atomic E-state index is 12.7. The standard InChI is InChI=1S/C17H19ClN2O4/c1-23-10-9-20(8-7-15(21)24-2)17(22)14-11-12-5-3-4-6-13(12)16(18)19-14/h3-6,11H,7-10H2,1-2H3. The zero-order valence-electron chi connectivity index (χ0n) is 13.6. The predicted molar refractivity (Wildman–Crippen MR) is 91.2 cm³/mol. The summed E-state index contributed by atoms with van der Waals surface area (Å²) in [5.41, 5.74) is 0.236. The molecule has 6 nitrogen and oxygen atoms in total. The lowest BCUT2D eigenvalue weighted by atomic mass is 10.1. The van der Waals surface area contributed by atoms with Gasteiger partial charge >= 0.3 is 5.97 Å². The van der Waals surface area contributed by atoms with Gasteiger partial charge in [0, 0.05) is 25.6 Å². The molecule has 1 heterocycles. The van der Waals surface area contributed by atoms with Crippen LogP contribution in [-0.4, -0.2) is 55.7 Å². The number of carbonyl (C=O) groups is 2. The fraction of sp³-hybridized carbons (Fsp3) is 0.353. The van der Waals surface area contributed by atoms with Crippen molar-refractivity contribution >= 4 is 34.2 Å². The van der Waals surface area contributed by atoms with Crippen LogP contribution in [0, 0.1) is 0 Å². The van der Waals surface area contributed by atoms with Gasteiger partial charge in [-0.05, 0) is 11.5 Å². The quantitative estimate of drug-likeness (QED) is 0.567. The van der Waals surface area contributed by atoms with E-state index in [1.807, 2.05) is 24.3 Å². The largest absolute Gasteiger partial charge is 0.469 e. The molecule has 0 unspecified atom stereocenters. The van der Waals surface area contributed by atoms with Crippen LogP contribution in [0.2, 0.25) is 5.15 Å². The Hall–Kier alpha value is -2.18. The number of benzene rings is 1. The highest BCUT2D eigenvalue weighted by molar-refractivity contribution is 6.34. The summed E-state index contributed by atoms with van der Waals surface area (Å²) in [6, 6.07) is 9.14. The number of hydrogen-bond acceptors (Lipinski definition) is 5. The minimum absolute atomic E-state index is 0.104. The molecule has 24 heavy (non-hydrogen) atoms. The molecule has 0 atom stereocenters. The number of halogens is 1. The SMILES string of the molecule is COCCN(CCC(=O)OC)C(=O)c1cc2ccccc2c(Cl)n1. The zero-order valence-corrected chi connectivity index (χ0v) is 14.4. The summed E-state index contributed by atoms with van der Waals surface area (Å²) in [5, 5.41) is 1.89. The smallest absolute Gasteiger partial charge is 0.307 e. The van der Waals surface area contributed by atoms with E-state index in [0.29, 0.717) is 13.2 Å². The van der Waals surface area contributed by atoms with Crippen molar-refractivity contribution in [2.45, 2.75) is 6.42 Å². The highest BCUT2D eigenvalue weighted by atomic mass is 35.5. The highest BCUT2D eigenvalue weighted by Crippen LogP contribution is 2.23. The Balaban J connectivity index is 2.25. The van der Waals surface area contributed by atoms with Gasteiger partial charge in [-0.3, -0.25) is 9.59 Å². The molecular formula is C17H19ClN2O4. The molecule has 1 amide bonds. The van der Waals surface area contributed by atoms with Crippen LogP contribution in [0.25, 0.3) is 10.8 Å². The minimum atomic E-state index is -0.380. The van der Waals surface area contributed by atoms with Gasteiger partial charge < -0.3 is 14.4 Å². The van der Waals surface area contributed by atoms with E-state index in [2.05, 4.69) is 9.72 Å². The Morgan fingerprint density at radius 3 is 2.67 bits per heavy atom. The van der Waals surface area contributed by atoms with Gasteiger partial charge in [0.1, 0.15) is 10.8 Å². The molecule has 128 valence electrons. The monoisotopic (exact) mass is 350 g/mol. The summed E-state index contributed by atoms with van der Waals surface area (Å²) in [6.45, 7) is 0.924. The number of rotatable bonds is 7. The molecule has 0 aliphatic heterocycles. The number of ether oxygens (including phenoxy) is 2. The van der Waals surface area contributed by atoms with E-state index in [-0.39, 0.29) is 35.7 Å². The van der Waals surface area contributed by atoms with Crippen LogP contribution in [0.4, 0.5) is 0 Å². The molecule has 0 saturated heterocycles. The van der Waals surface area contributed by atoms with Crippen LogP contribution >= 0.6 is 11.6 Å². The van der Waals surface area contributed by atoms with Crippen LogP contribution in [0.1, 0.15) is 16.9 Å². The van der Waals surface area contributed by atoms with Crippen LogP contribution in [0.5, 0.6) is 0 Å². The van der Waals surface area contributed by atoms with Gasteiger partial charge in [-0.1, -0.05) is 35.9 Å². The van der Waals surface area contributed by atoms with Crippen molar-refractivity contribution in [1.29, 1.82) is 0 Å². The number of fused-ring (bicyclic) bond motifs is 1. The third-order valence-corrected chi connectivity index (χ3v) is 3.87. The Labute approximate surface area is 145 Å². The van der Waals surface area contributed by atoms with E-state index in [1.165, 1.54) is 12.0 Å². The third kappa shape index (κ3) is 4.43. The summed E-state index contributed by atoms with van der Waals surface area (Å²) in [5.74, 6) is -0.682. The molecule has 0 bridgehead atoms. The second kappa shape index (κ2) is 8.61. The minimum Gasteiger partial charge on any atom is -0.469 e. The Bertz CT molecular complexity index is 736. The lowest BCUT2D eigenvalue weighted by Crippen LogP contribution is -2.36. The Morgan fingerprint density at radius 1 is 1.21 bits per heavy atom. The van der Waals surface area contributed by atoms with E-state index >= 15 is 0 Å². The summed E-state index contributed by atoms with van der Waals surface area (Å²) in [6.07, 6.45) is 0.104. The van der Waals surface area contributed by atoms with Gasteiger partial charge in [0.2, 0.25) is 0 Å². The van der Waals surface area contributed by atoms with Crippen LogP contribution in [0.15, 0.2) is 30.3 Å². The number of pyridine rings is 1. The molecule has 0 saturated carbocycles. The lowest BCUT2D eigenvalue weighted by molar-refractivity contribution is -0.140. The number of carbonyl (C=O) groups excluding carboxylic acids is 2. The number of hydrogen-bond donors (Lipinski definition) is 0. The number of esters is 1. The second-order valence-corrected chi connectivity index (χ2v) is 5.49. The van der Waals surface area contributed by atoms with Crippen molar-refractivity contribution in [1.82, 2.24) is 9.88 Å². The van der Waals surface area contributed by atoms with Gasteiger partial charge in [-0.2, -0.15) is 0 Å². The van der Waals surface area contributed by atoms with Crippen molar-refractivity contribution < 1.29 is 19.1 Å². The topological polar surface area (TPSA) is 68.7 Å². The molecular weight excluding hydrogens is 332 g/mol. The molecule has 0 aliphatic rings. The Kier molecular flexibility index (Phi) is 6.52. The molecule has 2 rings (SSSR count). The first-order chi connectivity index (χ1) is 11.6. The normalized spacial score (nSPS) is 10.6. The van der Waals surface area contributed by atoms with Crippen LogP contribution < -0.4 is 0 Å². The van der Waals surface area contributed by atoms with Gasteiger partial charge in [0.15, 0.2) is 0 Å². The zero-order chi connectivity index (χ0) is 17.5. The number of methoxy groups -OCH3 is 2. The molecule has 1 aromatic heterocycles. The first kappa shape index (κ1) is 18.2. The van der Waals surface area contributed by atoms with E-state index < -0.39 is 0 Å². The number of nitrogens with zero attached hydrogens (tertiary/aromatic N) is 2. The van der Waals surface area contributed by atoms with Crippen molar-refractivity contribution in [2.75, 3.05) is 33.9 Å². The molecule has 1 aromatic carbocycles. The van der Waals surface area contributed by atoms with E-state index in [4.69, 9.17) is 16.3 Å². The summed E-state index contributed by atoms with van der Waals surface area (Å²) in [7, 11) is 2.86. The van der Waals surface area contributed by atoms with E-state index in [0.717, 1.165) is 10.8 Å². The molecule has 7 heteroatoms. The summed E-state index contributed by atoms with van der Waals surface area (Å²) < 4.78 is 9.65. The first-order valence-electron chi connectivity index (χ1n) is 7.47. The lowest BCUT2D eigenvalue weighted by Gasteiger charge is -2.21. The maximum Gasteiger partial charge on any atom is 0.307 e. The molecule has 2 aromatic rings. The average Bonchev–Trinajstić information content (AvgIpc) is 2.61. The van der Waals surface area contributed by atoms with Gasteiger partial charge in [0.05, 0.1) is 20.1 Å². The fourth-order valence-corrected chi connectivity index (χ4v) is 2.54. The molecule has 0 N–H and O–H groups in total. The first-order valence-corrected chi connectivity index (χ1v) is 7.85. The van der Waals surface area contributed by atoms with Crippen molar-refractivity contribution in [2.24, 2.45) is 0 Å². The molecule has 0 radical (unpaired) electrons. The molecule has 0 fully saturated rings. The average molecular weight is 351 g/mol. The predicted octanol–water partition coefficient (Wildman–Crippen LogP) is 2.54. The van der Waals surface area contributed by atoms with E-state index in [9.17, 15) is 9.59 Å². The number of aromatic nitrogens is 1. The fourth-order valence-electron chi connectivity index (χ4n) is 2.27. The maximum absolute atomic E-state index is 12.7. The molecule has 0 aliphatic carbocycles. The van der Waals surface area contributed by atoms with Gasteiger partial charge in [-0.25, -0.2) is 4.98 Å². The number of amides is 1. The summed E-state index contributed by atoms with van der Waals surface area (Å²) >= 11 is 6.18. The van der Waals surface area contributed by atoms with E-state index in [1.54, 1.807) is 13.2 Å². The molecule has 0 spiro atoms. The van der Waals surface area contributed by atoms with Crippen LogP contribution in [0.3, 0.4) is 0 Å². The highest BCUT2D eigenvalue weighted by Gasteiger charge is 2.19. The van der Waals surface area contributed by atoms with Gasteiger partial charge in [-0.15, -0.1) is 0 Å².